The molecule has 0 unspecified atom stereocenters. The molecular weight excluding hydrogens is 390 g/mol. The average molecular weight is 420 g/mol. The van der Waals surface area contributed by atoms with E-state index >= 15 is 0 Å². The molecule has 0 amide bonds. The largest absolute Gasteiger partial charge is 0.372 e. The van der Waals surface area contributed by atoms with Crippen molar-refractivity contribution in [3.05, 3.63) is 34.3 Å². The highest BCUT2D eigenvalue weighted by atomic mass is 79.9. The number of nitriles is 1. The van der Waals surface area contributed by atoms with Crippen LogP contribution in [0.5, 0.6) is 0 Å². The van der Waals surface area contributed by atoms with E-state index in [0.29, 0.717) is 25.2 Å². The zero-order chi connectivity index (χ0) is 18.6. The molecule has 0 saturated heterocycles. The van der Waals surface area contributed by atoms with Gasteiger partial charge in [-0.3, -0.25) is 4.79 Å². The molecule has 0 bridgehead atoms. The number of nitrogens with zero attached hydrogens (tertiary/aromatic N) is 1. The highest BCUT2D eigenvalue weighted by Crippen LogP contribution is 2.36. The molecule has 0 radical (unpaired) electrons. The molecule has 0 spiro atoms. The Morgan fingerprint density at radius 2 is 1.73 bits per heavy atom. The summed E-state index contributed by atoms with van der Waals surface area (Å²) in [7, 11) is 0. The third kappa shape index (κ3) is 6.85. The SMILES string of the molecule is N#CCCO[C@H](c1ccccc1Br)[C@H]1CCCCCCCCCCC1=O. The van der Waals surface area contributed by atoms with Gasteiger partial charge in [0.05, 0.1) is 25.2 Å². The molecule has 0 aromatic heterocycles. The van der Waals surface area contributed by atoms with Crippen LogP contribution in [0.1, 0.15) is 82.3 Å². The first-order valence-electron chi connectivity index (χ1n) is 9.99. The van der Waals surface area contributed by atoms with Gasteiger partial charge in [-0.05, 0) is 24.5 Å². The lowest BCUT2D eigenvalue weighted by molar-refractivity contribution is -0.129. The molecular formula is C22H30BrNO2. The second-order valence-electron chi connectivity index (χ2n) is 7.16. The quantitative estimate of drug-likeness (QED) is 0.510. The molecule has 4 heteroatoms. The monoisotopic (exact) mass is 419 g/mol. The number of hydrogen-bond acceptors (Lipinski definition) is 3. The smallest absolute Gasteiger partial charge is 0.138 e. The summed E-state index contributed by atoms with van der Waals surface area (Å²) in [5.41, 5.74) is 1.02. The first kappa shape index (κ1) is 21.1. The minimum absolute atomic E-state index is 0.119. The fraction of sp³-hybridized carbons (Fsp3) is 0.636. The van der Waals surface area contributed by atoms with Crippen molar-refractivity contribution >= 4 is 21.7 Å². The fourth-order valence-electron chi connectivity index (χ4n) is 3.75. The number of benzene rings is 1. The average Bonchev–Trinajstić information content (AvgIpc) is 2.63. The maximum Gasteiger partial charge on any atom is 0.138 e. The van der Waals surface area contributed by atoms with Crippen molar-refractivity contribution in [3.63, 3.8) is 0 Å². The van der Waals surface area contributed by atoms with E-state index in [-0.39, 0.29) is 12.0 Å². The lowest BCUT2D eigenvalue weighted by Crippen LogP contribution is -2.25. The molecule has 1 saturated carbocycles. The number of Topliss-reactive ketones (excluding diaryl/α,β-unsaturated/α-hetero) is 1. The second-order valence-corrected chi connectivity index (χ2v) is 8.02. The lowest BCUT2D eigenvalue weighted by Gasteiger charge is -2.28. The summed E-state index contributed by atoms with van der Waals surface area (Å²) < 4.78 is 7.08. The Kier molecular flexibility index (Phi) is 9.95. The summed E-state index contributed by atoms with van der Waals surface area (Å²) in [4.78, 5) is 13.0. The van der Waals surface area contributed by atoms with E-state index in [9.17, 15) is 4.79 Å². The van der Waals surface area contributed by atoms with E-state index < -0.39 is 0 Å². The molecule has 1 aliphatic carbocycles. The van der Waals surface area contributed by atoms with Gasteiger partial charge in [-0.1, -0.05) is 79.1 Å². The van der Waals surface area contributed by atoms with Gasteiger partial charge in [0.2, 0.25) is 0 Å². The van der Waals surface area contributed by atoms with Gasteiger partial charge in [-0.15, -0.1) is 0 Å². The lowest BCUT2D eigenvalue weighted by atomic mass is 9.84. The Morgan fingerprint density at radius 3 is 2.42 bits per heavy atom. The van der Waals surface area contributed by atoms with E-state index in [1.165, 1.54) is 32.1 Å². The van der Waals surface area contributed by atoms with E-state index in [4.69, 9.17) is 10.00 Å². The van der Waals surface area contributed by atoms with E-state index in [1.54, 1.807) is 0 Å². The van der Waals surface area contributed by atoms with Gasteiger partial charge in [0.25, 0.3) is 0 Å². The van der Waals surface area contributed by atoms with Crippen LogP contribution in [0, 0.1) is 17.2 Å². The molecule has 1 aromatic carbocycles. The molecule has 0 heterocycles. The van der Waals surface area contributed by atoms with E-state index in [2.05, 4.69) is 22.0 Å². The molecule has 1 aliphatic rings. The summed E-state index contributed by atoms with van der Waals surface area (Å²) in [5.74, 6) is 0.204. The van der Waals surface area contributed by atoms with Crippen LogP contribution in [-0.4, -0.2) is 12.4 Å². The Balaban J connectivity index is 2.20. The molecule has 0 N–H and O–H groups in total. The Morgan fingerprint density at radius 1 is 1.08 bits per heavy atom. The van der Waals surface area contributed by atoms with Crippen LogP contribution >= 0.6 is 15.9 Å². The molecule has 142 valence electrons. The van der Waals surface area contributed by atoms with Crippen LogP contribution < -0.4 is 0 Å². The van der Waals surface area contributed by atoms with Gasteiger partial charge >= 0.3 is 0 Å². The van der Waals surface area contributed by atoms with Crippen LogP contribution in [0.25, 0.3) is 0 Å². The molecule has 3 nitrogen and oxygen atoms in total. The van der Waals surface area contributed by atoms with Crippen LogP contribution in [0.2, 0.25) is 0 Å². The molecule has 0 aliphatic heterocycles. The van der Waals surface area contributed by atoms with Crippen molar-refractivity contribution in [3.8, 4) is 6.07 Å². The number of hydrogen-bond donors (Lipinski definition) is 0. The fourth-order valence-corrected chi connectivity index (χ4v) is 4.26. The minimum Gasteiger partial charge on any atom is -0.372 e. The molecule has 2 rings (SSSR count). The summed E-state index contributed by atoms with van der Waals surface area (Å²) in [6, 6.07) is 10.1. The highest BCUT2D eigenvalue weighted by molar-refractivity contribution is 9.10. The first-order chi connectivity index (χ1) is 12.7. The number of halogens is 1. The molecule has 26 heavy (non-hydrogen) atoms. The van der Waals surface area contributed by atoms with E-state index in [0.717, 1.165) is 35.7 Å². The van der Waals surface area contributed by atoms with Gasteiger partial charge in [0.15, 0.2) is 0 Å². The zero-order valence-corrected chi connectivity index (χ0v) is 17.2. The van der Waals surface area contributed by atoms with Crippen LogP contribution in [0.15, 0.2) is 28.7 Å². The van der Waals surface area contributed by atoms with Gasteiger partial charge in [-0.25, -0.2) is 0 Å². The second kappa shape index (κ2) is 12.3. The topological polar surface area (TPSA) is 50.1 Å². The molecule has 1 aromatic rings. The summed E-state index contributed by atoms with van der Waals surface area (Å²) in [6.45, 7) is 0.367. The zero-order valence-electron chi connectivity index (χ0n) is 15.6. The third-order valence-corrected chi connectivity index (χ3v) is 5.91. The third-order valence-electron chi connectivity index (χ3n) is 5.19. The maximum atomic E-state index is 13.0. The summed E-state index contributed by atoms with van der Waals surface area (Å²) >= 11 is 3.62. The van der Waals surface area contributed by atoms with Crippen LogP contribution in [0.3, 0.4) is 0 Å². The van der Waals surface area contributed by atoms with Crippen molar-refractivity contribution in [2.45, 2.75) is 76.7 Å². The summed E-state index contributed by atoms with van der Waals surface area (Å²) in [5, 5.41) is 8.87. The Bertz CT molecular complexity index is 596. The normalized spacial score (nSPS) is 21.2. The number of rotatable bonds is 5. The predicted molar refractivity (Wildman–Crippen MR) is 108 cm³/mol. The molecule has 1 fully saturated rings. The number of carbonyl (C=O) groups is 1. The van der Waals surface area contributed by atoms with Gasteiger partial charge in [0.1, 0.15) is 5.78 Å². The van der Waals surface area contributed by atoms with Crippen molar-refractivity contribution in [1.29, 1.82) is 5.26 Å². The Hall–Kier alpha value is -1.18. The van der Waals surface area contributed by atoms with Crippen molar-refractivity contribution in [2.24, 2.45) is 5.92 Å². The molecule has 2 atom stereocenters. The van der Waals surface area contributed by atoms with Crippen LogP contribution in [-0.2, 0) is 9.53 Å². The Labute approximate surface area is 166 Å². The first-order valence-corrected chi connectivity index (χ1v) is 10.8. The standard InChI is InChI=1S/C22H30BrNO2/c23-20-14-10-9-12-18(20)22(26-17-11-16-24)19-13-7-5-3-1-2-4-6-8-15-21(19)25/h9-10,12,14,19,22H,1-8,11,13,15,17H2/t19-,22+/m0/s1. The highest BCUT2D eigenvalue weighted by Gasteiger charge is 2.30. The summed E-state index contributed by atoms with van der Waals surface area (Å²) in [6.07, 6.45) is 11.1. The number of ether oxygens (including phenoxy) is 1. The number of carbonyl (C=O) groups excluding carboxylic acids is 1. The van der Waals surface area contributed by atoms with Gasteiger partial charge < -0.3 is 4.74 Å². The van der Waals surface area contributed by atoms with Crippen molar-refractivity contribution in [1.82, 2.24) is 0 Å². The van der Waals surface area contributed by atoms with Gasteiger partial charge in [-0.2, -0.15) is 5.26 Å². The van der Waals surface area contributed by atoms with Gasteiger partial charge in [0, 0.05) is 16.8 Å². The minimum atomic E-state index is -0.269. The van der Waals surface area contributed by atoms with Crippen molar-refractivity contribution in [2.75, 3.05) is 6.61 Å². The maximum absolute atomic E-state index is 13.0. The number of ketones is 1. The predicted octanol–water partition coefficient (Wildman–Crippen LogP) is 6.52. The van der Waals surface area contributed by atoms with Crippen molar-refractivity contribution < 1.29 is 9.53 Å². The van der Waals surface area contributed by atoms with Crippen LogP contribution in [0.4, 0.5) is 0 Å². The van der Waals surface area contributed by atoms with E-state index in [1.807, 2.05) is 24.3 Å².